The number of aromatic nitrogens is 3. The number of hydrogen-bond donors (Lipinski definition) is 0. The van der Waals surface area contributed by atoms with Gasteiger partial charge in [0.05, 0.1) is 0 Å². The van der Waals surface area contributed by atoms with E-state index in [4.69, 9.17) is 19.4 Å². The van der Waals surface area contributed by atoms with Gasteiger partial charge in [0.1, 0.15) is 11.2 Å². The zero-order chi connectivity index (χ0) is 34.2. The van der Waals surface area contributed by atoms with Gasteiger partial charge in [-0.3, -0.25) is 0 Å². The lowest BCUT2D eigenvalue weighted by molar-refractivity contribution is 0.670. The Balaban J connectivity index is 1.19. The van der Waals surface area contributed by atoms with Gasteiger partial charge >= 0.3 is 0 Å². The Hall–Kier alpha value is -6.69. The van der Waals surface area contributed by atoms with Crippen molar-refractivity contribution in [2.24, 2.45) is 0 Å². The minimum Gasteiger partial charge on any atom is -0.455 e. The van der Waals surface area contributed by atoms with Gasteiger partial charge in [-0.1, -0.05) is 109 Å². The fraction of sp³-hybridized carbons (Fsp3) is 0. The standard InChI is InChI=1S/C47H27N3OS/c1-2-11-29(12-3-1)45-48-46(34-20-23-42-38(26-34)36-16-8-9-17-41(36)52-42)50-47(49-45)37-22-21-35(33-19-18-28-10-4-5-13-30(28)24-33)44-43(37)39-25-31-14-6-7-15-32(31)27-40(39)51-44/h1-27H. The molecule has 0 N–H and O–H groups in total. The van der Waals surface area contributed by atoms with Gasteiger partial charge in [0, 0.05) is 53.2 Å². The fourth-order valence-corrected chi connectivity index (χ4v) is 8.63. The molecule has 0 bridgehead atoms. The second kappa shape index (κ2) is 11.4. The predicted molar refractivity (Wildman–Crippen MR) is 217 cm³/mol. The molecule has 0 atom stereocenters. The van der Waals surface area contributed by atoms with E-state index in [-0.39, 0.29) is 0 Å². The summed E-state index contributed by atoms with van der Waals surface area (Å²) in [6, 6.07) is 57.4. The molecule has 52 heavy (non-hydrogen) atoms. The normalized spacial score (nSPS) is 11.8. The van der Waals surface area contributed by atoms with Crippen LogP contribution in [0, 0.1) is 0 Å². The second-order valence-electron chi connectivity index (χ2n) is 13.2. The molecule has 0 amide bonds. The summed E-state index contributed by atoms with van der Waals surface area (Å²) < 4.78 is 9.37. The van der Waals surface area contributed by atoms with Gasteiger partial charge in [-0.15, -0.1) is 11.3 Å². The number of fused-ring (bicyclic) bond motifs is 8. The van der Waals surface area contributed by atoms with Gasteiger partial charge in [0.2, 0.25) is 0 Å². The highest BCUT2D eigenvalue weighted by atomic mass is 32.1. The second-order valence-corrected chi connectivity index (χ2v) is 14.3. The maximum absolute atomic E-state index is 6.86. The average Bonchev–Trinajstić information content (AvgIpc) is 3.77. The van der Waals surface area contributed by atoms with Crippen molar-refractivity contribution in [3.05, 3.63) is 164 Å². The van der Waals surface area contributed by atoms with Crippen LogP contribution in [-0.2, 0) is 0 Å². The number of thiophene rings is 1. The van der Waals surface area contributed by atoms with Crippen LogP contribution in [-0.4, -0.2) is 15.0 Å². The summed E-state index contributed by atoms with van der Waals surface area (Å²) in [6.07, 6.45) is 0. The minimum atomic E-state index is 0.602. The van der Waals surface area contributed by atoms with Gasteiger partial charge < -0.3 is 4.42 Å². The first-order chi connectivity index (χ1) is 25.7. The topological polar surface area (TPSA) is 51.8 Å². The first kappa shape index (κ1) is 29.1. The van der Waals surface area contributed by atoms with E-state index in [1.165, 1.54) is 30.9 Å². The molecule has 4 nitrogen and oxygen atoms in total. The number of furan rings is 1. The van der Waals surface area contributed by atoms with Crippen LogP contribution in [0.1, 0.15) is 0 Å². The van der Waals surface area contributed by atoms with Crippen molar-refractivity contribution in [2.45, 2.75) is 0 Å². The Labute approximate surface area is 302 Å². The number of benzene rings is 8. The zero-order valence-electron chi connectivity index (χ0n) is 27.7. The lowest BCUT2D eigenvalue weighted by atomic mass is 9.96. The van der Waals surface area contributed by atoms with E-state index in [1.54, 1.807) is 11.3 Å². The number of hydrogen-bond acceptors (Lipinski definition) is 5. The van der Waals surface area contributed by atoms with Crippen molar-refractivity contribution in [2.75, 3.05) is 0 Å². The third kappa shape index (κ3) is 4.64. The third-order valence-electron chi connectivity index (χ3n) is 10.1. The van der Waals surface area contributed by atoms with Crippen molar-refractivity contribution >= 4 is 75.0 Å². The molecular formula is C47H27N3OS. The summed E-state index contributed by atoms with van der Waals surface area (Å²) in [4.78, 5) is 15.5. The molecule has 3 aromatic heterocycles. The molecule has 0 saturated heterocycles. The summed E-state index contributed by atoms with van der Waals surface area (Å²) in [7, 11) is 0. The van der Waals surface area contributed by atoms with Crippen molar-refractivity contribution in [3.63, 3.8) is 0 Å². The lowest BCUT2D eigenvalue weighted by Crippen LogP contribution is -2.00. The van der Waals surface area contributed by atoms with Crippen LogP contribution < -0.4 is 0 Å². The molecule has 5 heteroatoms. The van der Waals surface area contributed by atoms with E-state index in [0.29, 0.717) is 17.5 Å². The lowest BCUT2D eigenvalue weighted by Gasteiger charge is -2.11. The van der Waals surface area contributed by atoms with Crippen LogP contribution >= 0.6 is 11.3 Å². The molecule has 0 aliphatic rings. The Morgan fingerprint density at radius 3 is 1.87 bits per heavy atom. The van der Waals surface area contributed by atoms with Crippen LogP contribution in [0.5, 0.6) is 0 Å². The van der Waals surface area contributed by atoms with E-state index in [9.17, 15) is 0 Å². The molecule has 0 fully saturated rings. The van der Waals surface area contributed by atoms with E-state index < -0.39 is 0 Å². The SMILES string of the molecule is c1ccc(-c2nc(-c3ccc4sc5ccccc5c4c3)nc(-c3ccc(-c4ccc5ccccc5c4)c4oc5cc6ccccc6cc5c34)n2)cc1. The average molecular weight is 682 g/mol. The predicted octanol–water partition coefficient (Wildman–Crippen LogP) is 13.1. The molecule has 0 unspecified atom stereocenters. The Morgan fingerprint density at radius 2 is 1.02 bits per heavy atom. The Morgan fingerprint density at radius 1 is 0.385 bits per heavy atom. The summed E-state index contributed by atoms with van der Waals surface area (Å²) in [5, 5.41) is 9.13. The van der Waals surface area contributed by atoms with Gasteiger partial charge in [-0.2, -0.15) is 0 Å². The number of nitrogens with zero attached hydrogens (tertiary/aromatic N) is 3. The molecular weight excluding hydrogens is 655 g/mol. The van der Waals surface area contributed by atoms with E-state index in [2.05, 4.69) is 146 Å². The minimum absolute atomic E-state index is 0.602. The smallest absolute Gasteiger partial charge is 0.164 e. The van der Waals surface area contributed by atoms with Crippen LogP contribution in [0.15, 0.2) is 168 Å². The summed E-state index contributed by atoms with van der Waals surface area (Å²) in [5.74, 6) is 1.86. The molecule has 11 aromatic rings. The Bertz CT molecular complexity index is 3200. The first-order valence-corrected chi connectivity index (χ1v) is 18.2. The van der Waals surface area contributed by atoms with Crippen LogP contribution in [0.25, 0.3) is 109 Å². The fourth-order valence-electron chi connectivity index (χ4n) is 7.54. The van der Waals surface area contributed by atoms with Crippen LogP contribution in [0.3, 0.4) is 0 Å². The van der Waals surface area contributed by atoms with Gasteiger partial charge in [-0.25, -0.2) is 15.0 Å². The third-order valence-corrected chi connectivity index (χ3v) is 11.2. The van der Waals surface area contributed by atoms with Gasteiger partial charge in [0.25, 0.3) is 0 Å². The number of rotatable bonds is 4. The molecule has 242 valence electrons. The van der Waals surface area contributed by atoms with E-state index >= 15 is 0 Å². The summed E-state index contributed by atoms with van der Waals surface area (Å²) in [5.41, 5.74) is 6.54. The van der Waals surface area contributed by atoms with Crippen molar-refractivity contribution < 1.29 is 4.42 Å². The summed E-state index contributed by atoms with van der Waals surface area (Å²) in [6.45, 7) is 0. The van der Waals surface area contributed by atoms with Crippen LogP contribution in [0.4, 0.5) is 0 Å². The molecule has 8 aromatic carbocycles. The maximum Gasteiger partial charge on any atom is 0.164 e. The highest BCUT2D eigenvalue weighted by Gasteiger charge is 2.22. The highest BCUT2D eigenvalue weighted by molar-refractivity contribution is 7.25. The molecule has 0 saturated carbocycles. The van der Waals surface area contributed by atoms with E-state index in [0.717, 1.165) is 60.5 Å². The maximum atomic E-state index is 6.86. The van der Waals surface area contributed by atoms with Crippen molar-refractivity contribution in [3.8, 4) is 45.3 Å². The molecule has 0 radical (unpaired) electrons. The van der Waals surface area contributed by atoms with Gasteiger partial charge in [-0.05, 0) is 81.7 Å². The van der Waals surface area contributed by atoms with Gasteiger partial charge in [0.15, 0.2) is 17.5 Å². The molecule has 11 rings (SSSR count). The van der Waals surface area contributed by atoms with Crippen molar-refractivity contribution in [1.82, 2.24) is 15.0 Å². The van der Waals surface area contributed by atoms with Crippen LogP contribution in [0.2, 0.25) is 0 Å². The first-order valence-electron chi connectivity index (χ1n) is 17.3. The molecule has 0 aliphatic carbocycles. The zero-order valence-corrected chi connectivity index (χ0v) is 28.6. The van der Waals surface area contributed by atoms with E-state index in [1.807, 2.05) is 18.2 Å². The quantitative estimate of drug-likeness (QED) is 0.185. The monoisotopic (exact) mass is 681 g/mol. The highest BCUT2D eigenvalue weighted by Crippen LogP contribution is 2.43. The molecule has 3 heterocycles. The van der Waals surface area contributed by atoms with Crippen molar-refractivity contribution in [1.29, 1.82) is 0 Å². The molecule has 0 aliphatic heterocycles. The molecule has 0 spiro atoms. The summed E-state index contributed by atoms with van der Waals surface area (Å²) >= 11 is 1.81. The Kier molecular flexibility index (Phi) is 6.39. The largest absolute Gasteiger partial charge is 0.455 e.